The normalized spacial score (nSPS) is 19.8. The van der Waals surface area contributed by atoms with Crippen LogP contribution >= 0.6 is 0 Å². The fourth-order valence-corrected chi connectivity index (χ4v) is 3.93. The van der Waals surface area contributed by atoms with Gasteiger partial charge in [-0.15, -0.1) is 0 Å². The third-order valence-corrected chi connectivity index (χ3v) is 6.17. The van der Waals surface area contributed by atoms with Gasteiger partial charge in [0.05, 0.1) is 19.8 Å². The van der Waals surface area contributed by atoms with Crippen LogP contribution in [-0.4, -0.2) is 57.9 Å². The molecule has 0 unspecified atom stereocenters. The van der Waals surface area contributed by atoms with Crippen LogP contribution in [0.3, 0.4) is 0 Å². The minimum absolute atomic E-state index is 0.264. The van der Waals surface area contributed by atoms with Gasteiger partial charge in [-0.25, -0.2) is 0 Å². The Labute approximate surface area is 142 Å². The van der Waals surface area contributed by atoms with E-state index in [0.717, 1.165) is 22.1 Å². The van der Waals surface area contributed by atoms with Crippen molar-refractivity contribution in [3.05, 3.63) is 42.0 Å². The maximum Gasteiger partial charge on any atom is 0.281 e. The Morgan fingerprint density at radius 2 is 1.88 bits per heavy atom. The Morgan fingerprint density at radius 3 is 2.58 bits per heavy atom. The van der Waals surface area contributed by atoms with Gasteiger partial charge in [-0.1, -0.05) is 18.2 Å². The fraction of sp³-hybridized carbons (Fsp3) is 0.412. The second-order valence-electron chi connectivity index (χ2n) is 5.98. The zero-order valence-corrected chi connectivity index (χ0v) is 14.9. The molecular weight excluding hydrogens is 328 g/mol. The van der Waals surface area contributed by atoms with Gasteiger partial charge in [-0.2, -0.15) is 17.0 Å². The first-order valence-corrected chi connectivity index (χ1v) is 9.18. The number of ether oxygens (including phenoxy) is 2. The molecule has 1 atom stereocenters. The summed E-state index contributed by atoms with van der Waals surface area (Å²) in [6.07, 6.45) is -0.264. The summed E-state index contributed by atoms with van der Waals surface area (Å²) in [5.74, 6) is 0.812. The second-order valence-corrected chi connectivity index (χ2v) is 8.12. The number of benzene rings is 2. The average molecular weight is 350 g/mol. The number of nitrogens with zero attached hydrogens (tertiary/aromatic N) is 2. The summed E-state index contributed by atoms with van der Waals surface area (Å²) in [4.78, 5) is 0. The van der Waals surface area contributed by atoms with Gasteiger partial charge >= 0.3 is 0 Å². The number of hydrogen-bond acceptors (Lipinski definition) is 4. The lowest BCUT2D eigenvalue weighted by atomic mass is 10.0. The Balaban J connectivity index is 1.87. The molecule has 0 saturated carbocycles. The van der Waals surface area contributed by atoms with Crippen LogP contribution in [0.4, 0.5) is 0 Å². The van der Waals surface area contributed by atoms with Crippen LogP contribution in [0.5, 0.6) is 5.75 Å². The van der Waals surface area contributed by atoms with E-state index in [1.807, 2.05) is 36.4 Å². The molecule has 1 saturated heterocycles. The summed E-state index contributed by atoms with van der Waals surface area (Å²) in [7, 11) is 1.31. The maximum atomic E-state index is 12.3. The van der Waals surface area contributed by atoms with Crippen molar-refractivity contribution >= 4 is 21.0 Å². The third kappa shape index (κ3) is 3.25. The molecule has 0 bridgehead atoms. The van der Waals surface area contributed by atoms with Crippen molar-refractivity contribution in [2.75, 3.05) is 40.9 Å². The Kier molecular flexibility index (Phi) is 4.78. The Morgan fingerprint density at radius 1 is 1.17 bits per heavy atom. The van der Waals surface area contributed by atoms with Gasteiger partial charge in [0, 0.05) is 27.2 Å². The van der Waals surface area contributed by atoms with Crippen LogP contribution in [-0.2, 0) is 14.9 Å². The van der Waals surface area contributed by atoms with E-state index >= 15 is 0 Å². The molecular formula is C17H22N2O4S. The molecule has 0 aromatic heterocycles. The Bertz CT molecular complexity index is 836. The molecule has 24 heavy (non-hydrogen) atoms. The number of methoxy groups -OCH3 is 1. The zero-order chi connectivity index (χ0) is 17.3. The fourth-order valence-electron chi connectivity index (χ4n) is 2.84. The molecule has 1 aliphatic heterocycles. The monoisotopic (exact) mass is 350 g/mol. The van der Waals surface area contributed by atoms with Crippen LogP contribution in [0.15, 0.2) is 36.4 Å². The van der Waals surface area contributed by atoms with Crippen LogP contribution < -0.4 is 4.74 Å². The van der Waals surface area contributed by atoms with E-state index in [1.54, 1.807) is 21.2 Å². The lowest BCUT2D eigenvalue weighted by Gasteiger charge is -2.33. The largest absolute Gasteiger partial charge is 0.497 e. The molecule has 2 aromatic rings. The lowest BCUT2D eigenvalue weighted by Crippen LogP contribution is -2.47. The molecule has 0 radical (unpaired) electrons. The summed E-state index contributed by atoms with van der Waals surface area (Å²) >= 11 is 0. The first-order valence-electron chi connectivity index (χ1n) is 7.79. The van der Waals surface area contributed by atoms with Gasteiger partial charge in [-0.05, 0) is 34.5 Å². The van der Waals surface area contributed by atoms with Gasteiger partial charge < -0.3 is 9.47 Å². The van der Waals surface area contributed by atoms with Crippen LogP contribution in [0.1, 0.15) is 11.7 Å². The minimum atomic E-state index is -3.42. The molecule has 0 spiro atoms. The molecule has 6 nitrogen and oxygen atoms in total. The standard InChI is InChI=1S/C17H22N2O4S/c1-18(2)24(20,21)19-8-9-23-17(12-19)15-5-4-14-11-16(22-3)7-6-13(14)10-15/h4-7,10-11,17H,8-9,12H2,1-3H3/t17-/m1/s1. The molecule has 1 aliphatic rings. The van der Waals surface area contributed by atoms with Crippen molar-refractivity contribution in [3.8, 4) is 5.75 Å². The highest BCUT2D eigenvalue weighted by Gasteiger charge is 2.31. The second kappa shape index (κ2) is 6.68. The van der Waals surface area contributed by atoms with E-state index < -0.39 is 10.2 Å². The van der Waals surface area contributed by atoms with E-state index in [2.05, 4.69) is 0 Å². The van der Waals surface area contributed by atoms with Gasteiger partial charge in [0.1, 0.15) is 5.75 Å². The van der Waals surface area contributed by atoms with Crippen molar-refractivity contribution in [1.82, 2.24) is 8.61 Å². The molecule has 1 heterocycles. The molecule has 1 fully saturated rings. The molecule has 3 rings (SSSR count). The van der Waals surface area contributed by atoms with Gasteiger partial charge in [-0.3, -0.25) is 0 Å². The van der Waals surface area contributed by atoms with Crippen LogP contribution in [0, 0.1) is 0 Å². The number of morpholine rings is 1. The highest BCUT2D eigenvalue weighted by atomic mass is 32.2. The van der Waals surface area contributed by atoms with Gasteiger partial charge in [0.15, 0.2) is 0 Å². The van der Waals surface area contributed by atoms with Crippen molar-refractivity contribution in [3.63, 3.8) is 0 Å². The lowest BCUT2D eigenvalue weighted by molar-refractivity contribution is -0.00379. The SMILES string of the molecule is COc1ccc2cc([C@H]3CN(S(=O)(=O)N(C)C)CCO3)ccc2c1. The van der Waals surface area contributed by atoms with E-state index in [9.17, 15) is 8.42 Å². The van der Waals surface area contributed by atoms with Crippen molar-refractivity contribution in [2.45, 2.75) is 6.10 Å². The zero-order valence-electron chi connectivity index (χ0n) is 14.1. The van der Waals surface area contributed by atoms with E-state index in [-0.39, 0.29) is 6.10 Å². The quantitative estimate of drug-likeness (QED) is 0.847. The summed E-state index contributed by atoms with van der Waals surface area (Å²) in [6, 6.07) is 11.9. The number of rotatable bonds is 4. The summed E-state index contributed by atoms with van der Waals surface area (Å²) in [6.45, 7) is 1.09. The smallest absolute Gasteiger partial charge is 0.281 e. The van der Waals surface area contributed by atoms with Gasteiger partial charge in [0.25, 0.3) is 10.2 Å². The third-order valence-electron chi connectivity index (χ3n) is 4.26. The van der Waals surface area contributed by atoms with Crippen LogP contribution in [0.25, 0.3) is 10.8 Å². The van der Waals surface area contributed by atoms with Crippen molar-refractivity contribution in [2.24, 2.45) is 0 Å². The number of hydrogen-bond donors (Lipinski definition) is 0. The highest BCUT2D eigenvalue weighted by Crippen LogP contribution is 2.28. The summed E-state index contributed by atoms with van der Waals surface area (Å²) in [5, 5.41) is 2.15. The molecule has 2 aromatic carbocycles. The van der Waals surface area contributed by atoms with E-state index in [1.165, 1.54) is 8.61 Å². The molecule has 0 amide bonds. The molecule has 0 N–H and O–H groups in total. The predicted molar refractivity (Wildman–Crippen MR) is 93.4 cm³/mol. The topological polar surface area (TPSA) is 59.1 Å². The number of fused-ring (bicyclic) bond motifs is 1. The predicted octanol–water partition coefficient (Wildman–Crippen LogP) is 2.03. The Hall–Kier alpha value is -1.67. The van der Waals surface area contributed by atoms with Gasteiger partial charge in [0.2, 0.25) is 0 Å². The van der Waals surface area contributed by atoms with Crippen molar-refractivity contribution in [1.29, 1.82) is 0 Å². The first-order chi connectivity index (χ1) is 11.4. The molecule has 0 aliphatic carbocycles. The summed E-state index contributed by atoms with van der Waals surface area (Å²) < 4.78 is 38.4. The molecule has 7 heteroatoms. The van der Waals surface area contributed by atoms with E-state index in [4.69, 9.17) is 9.47 Å². The summed E-state index contributed by atoms with van der Waals surface area (Å²) in [5.41, 5.74) is 0.978. The average Bonchev–Trinajstić information content (AvgIpc) is 2.60. The highest BCUT2D eigenvalue weighted by molar-refractivity contribution is 7.86. The van der Waals surface area contributed by atoms with Crippen molar-refractivity contribution < 1.29 is 17.9 Å². The van der Waals surface area contributed by atoms with Crippen LogP contribution in [0.2, 0.25) is 0 Å². The maximum absolute atomic E-state index is 12.3. The first kappa shape index (κ1) is 17.2. The van der Waals surface area contributed by atoms with E-state index in [0.29, 0.717) is 19.7 Å². The minimum Gasteiger partial charge on any atom is -0.497 e. The molecule has 130 valence electrons.